The number of carbonyl (C=O) groups is 2. The topological polar surface area (TPSA) is 104 Å². The summed E-state index contributed by atoms with van der Waals surface area (Å²) in [4.78, 5) is 21.6. The van der Waals surface area contributed by atoms with Crippen molar-refractivity contribution in [3.63, 3.8) is 0 Å². The summed E-state index contributed by atoms with van der Waals surface area (Å²) in [6.07, 6.45) is -0.499. The van der Waals surface area contributed by atoms with Gasteiger partial charge in [-0.2, -0.15) is 0 Å². The van der Waals surface area contributed by atoms with E-state index in [1.54, 1.807) is 0 Å². The zero-order valence-electron chi connectivity index (χ0n) is 5.86. The lowest BCUT2D eigenvalue weighted by molar-refractivity contribution is -0.141. The number of hydrogen-bond acceptors (Lipinski definition) is 4. The maximum atomic E-state index is 10.7. The minimum absolute atomic E-state index is 0.499. The molecule has 0 heterocycles. The third-order valence-electron chi connectivity index (χ3n) is 1.02. The molecule has 11 heavy (non-hydrogen) atoms. The van der Waals surface area contributed by atoms with Crippen molar-refractivity contribution in [1.29, 1.82) is 0 Å². The number of aliphatic hydroxyl groups excluding tert-OH is 2. The molecule has 0 aromatic heterocycles. The highest BCUT2D eigenvalue weighted by molar-refractivity contribution is 5.95. The second-order valence-corrected chi connectivity index (χ2v) is 1.86. The Labute approximate surface area is 63.2 Å². The van der Waals surface area contributed by atoms with E-state index in [2.05, 4.69) is 0 Å². The number of nitrogens with zero attached hydrogens (tertiary/aromatic N) is 1. The Morgan fingerprint density at radius 1 is 1.27 bits per heavy atom. The first-order valence-corrected chi connectivity index (χ1v) is 2.89. The Balaban J connectivity index is 3.89. The average Bonchev–Trinajstić information content (AvgIpc) is 1.88. The third-order valence-corrected chi connectivity index (χ3v) is 1.02. The predicted molar refractivity (Wildman–Crippen MR) is 34.8 cm³/mol. The van der Waals surface area contributed by atoms with Crippen molar-refractivity contribution in [2.24, 2.45) is 5.73 Å². The lowest BCUT2D eigenvalue weighted by atomic mass is 10.4. The molecule has 0 bridgehead atoms. The third kappa shape index (κ3) is 3.54. The van der Waals surface area contributed by atoms with Gasteiger partial charge in [-0.3, -0.25) is 14.5 Å². The van der Waals surface area contributed by atoms with Crippen LogP contribution >= 0.6 is 0 Å². The lowest BCUT2D eigenvalue weighted by Gasteiger charge is -2.14. The molecule has 0 saturated carbocycles. The first-order chi connectivity index (χ1) is 5.11. The molecule has 0 aliphatic carbocycles. The summed E-state index contributed by atoms with van der Waals surface area (Å²) in [5.74, 6) is -1.48. The van der Waals surface area contributed by atoms with Crippen LogP contribution in [0.3, 0.4) is 0 Å². The Morgan fingerprint density at radius 3 is 2.00 bits per heavy atom. The van der Waals surface area contributed by atoms with Crippen molar-refractivity contribution in [3.05, 3.63) is 0 Å². The highest BCUT2D eigenvalue weighted by Gasteiger charge is 2.12. The number of primary amides is 1. The summed E-state index contributed by atoms with van der Waals surface area (Å²) < 4.78 is 0. The summed E-state index contributed by atoms with van der Waals surface area (Å²) >= 11 is 0. The number of nitrogens with two attached hydrogens (primary N) is 1. The van der Waals surface area contributed by atoms with E-state index in [4.69, 9.17) is 15.9 Å². The van der Waals surface area contributed by atoms with Gasteiger partial charge in [0, 0.05) is 0 Å². The van der Waals surface area contributed by atoms with Crippen LogP contribution in [0.2, 0.25) is 0 Å². The number of amides is 2. The van der Waals surface area contributed by atoms with Crippen LogP contribution in [-0.2, 0) is 9.59 Å². The highest BCUT2D eigenvalue weighted by Crippen LogP contribution is 1.89. The van der Waals surface area contributed by atoms with Crippen molar-refractivity contribution < 1.29 is 19.8 Å². The lowest BCUT2D eigenvalue weighted by Crippen LogP contribution is -2.35. The monoisotopic (exact) mass is 162 g/mol. The maximum Gasteiger partial charge on any atom is 0.235 e. The van der Waals surface area contributed by atoms with Crippen molar-refractivity contribution in [3.8, 4) is 0 Å². The van der Waals surface area contributed by atoms with Crippen LogP contribution in [0.4, 0.5) is 0 Å². The molecule has 0 rings (SSSR count). The van der Waals surface area contributed by atoms with E-state index in [0.29, 0.717) is 4.90 Å². The maximum absolute atomic E-state index is 10.7. The standard InChI is InChI=1S/C5H10N2O4/c6-4(10)1-5(11)7(2-8)3-9/h8-9H,1-3H2,(H2,6,10). The first-order valence-electron chi connectivity index (χ1n) is 2.89. The van der Waals surface area contributed by atoms with Gasteiger partial charge in [-0.05, 0) is 0 Å². The van der Waals surface area contributed by atoms with Crippen LogP contribution in [-0.4, -0.2) is 40.4 Å². The largest absolute Gasteiger partial charge is 0.376 e. The van der Waals surface area contributed by atoms with Gasteiger partial charge in [0.15, 0.2) is 0 Å². The van der Waals surface area contributed by atoms with Gasteiger partial charge in [-0.25, -0.2) is 0 Å². The van der Waals surface area contributed by atoms with Crippen molar-refractivity contribution in [1.82, 2.24) is 4.90 Å². The van der Waals surface area contributed by atoms with E-state index in [1.165, 1.54) is 0 Å². The van der Waals surface area contributed by atoms with E-state index >= 15 is 0 Å². The van der Waals surface area contributed by atoms with Crippen LogP contribution in [0.25, 0.3) is 0 Å². The fraction of sp³-hybridized carbons (Fsp3) is 0.600. The summed E-state index contributed by atoms with van der Waals surface area (Å²) in [5.41, 5.74) is 4.69. The quantitative estimate of drug-likeness (QED) is 0.316. The summed E-state index contributed by atoms with van der Waals surface area (Å²) in [7, 11) is 0. The molecule has 6 heteroatoms. The molecule has 4 N–H and O–H groups in total. The average molecular weight is 162 g/mol. The summed E-state index contributed by atoms with van der Waals surface area (Å²) in [5, 5.41) is 16.8. The smallest absolute Gasteiger partial charge is 0.235 e. The molecule has 0 aliphatic rings. The minimum atomic E-state index is -0.790. The van der Waals surface area contributed by atoms with Gasteiger partial charge in [0.05, 0.1) is 0 Å². The van der Waals surface area contributed by atoms with E-state index in [1.807, 2.05) is 0 Å². The van der Waals surface area contributed by atoms with Gasteiger partial charge in [-0.15, -0.1) is 0 Å². The van der Waals surface area contributed by atoms with Crippen molar-refractivity contribution in [2.75, 3.05) is 13.5 Å². The van der Waals surface area contributed by atoms with Gasteiger partial charge in [-0.1, -0.05) is 0 Å². The second kappa shape index (κ2) is 4.64. The van der Waals surface area contributed by atoms with Crippen LogP contribution in [0, 0.1) is 0 Å². The molecule has 0 radical (unpaired) electrons. The van der Waals surface area contributed by atoms with Gasteiger partial charge >= 0.3 is 0 Å². The molecular formula is C5H10N2O4. The van der Waals surface area contributed by atoms with Crippen molar-refractivity contribution >= 4 is 11.8 Å². The Morgan fingerprint density at radius 2 is 1.73 bits per heavy atom. The van der Waals surface area contributed by atoms with Gasteiger partial charge in [0.2, 0.25) is 11.8 Å². The first kappa shape index (κ1) is 9.86. The van der Waals surface area contributed by atoms with Gasteiger partial charge in [0.25, 0.3) is 0 Å². The molecule has 2 amide bonds. The van der Waals surface area contributed by atoms with Crippen molar-refractivity contribution in [2.45, 2.75) is 6.42 Å². The van der Waals surface area contributed by atoms with E-state index in [0.717, 1.165) is 0 Å². The summed E-state index contributed by atoms with van der Waals surface area (Å²) in [6, 6.07) is 0. The number of hydrogen-bond donors (Lipinski definition) is 3. The fourth-order valence-corrected chi connectivity index (χ4v) is 0.463. The highest BCUT2D eigenvalue weighted by atomic mass is 16.3. The molecule has 0 saturated heterocycles. The number of aliphatic hydroxyl groups is 2. The molecule has 0 fully saturated rings. The van der Waals surface area contributed by atoms with E-state index in [-0.39, 0.29) is 0 Å². The summed E-state index contributed by atoms with van der Waals surface area (Å²) in [6.45, 7) is -1.24. The Hall–Kier alpha value is -1.14. The Bertz CT molecular complexity index is 155. The molecule has 6 nitrogen and oxygen atoms in total. The molecule has 0 aliphatic heterocycles. The normalized spacial score (nSPS) is 9.27. The van der Waals surface area contributed by atoms with Gasteiger partial charge < -0.3 is 15.9 Å². The molecular weight excluding hydrogens is 152 g/mol. The minimum Gasteiger partial charge on any atom is -0.376 e. The van der Waals surface area contributed by atoms with Crippen LogP contribution in [0.1, 0.15) is 6.42 Å². The molecule has 0 spiro atoms. The van der Waals surface area contributed by atoms with E-state index < -0.39 is 31.7 Å². The molecule has 0 aromatic carbocycles. The van der Waals surface area contributed by atoms with Crippen LogP contribution in [0.5, 0.6) is 0 Å². The van der Waals surface area contributed by atoms with Crippen LogP contribution in [0.15, 0.2) is 0 Å². The Kier molecular flexibility index (Phi) is 4.16. The van der Waals surface area contributed by atoms with E-state index in [9.17, 15) is 9.59 Å². The van der Waals surface area contributed by atoms with Gasteiger partial charge in [0.1, 0.15) is 19.9 Å². The zero-order valence-corrected chi connectivity index (χ0v) is 5.86. The second-order valence-electron chi connectivity index (χ2n) is 1.86. The predicted octanol–water partition coefficient (Wildman–Crippen LogP) is -2.41. The molecule has 64 valence electrons. The fourth-order valence-electron chi connectivity index (χ4n) is 0.463. The molecule has 0 aromatic rings. The number of carbonyl (C=O) groups excluding carboxylic acids is 2. The van der Waals surface area contributed by atoms with Crippen LogP contribution < -0.4 is 5.73 Å². The SMILES string of the molecule is NC(=O)CC(=O)N(CO)CO. The number of rotatable bonds is 4. The zero-order chi connectivity index (χ0) is 8.85. The molecule has 0 atom stereocenters. The molecule has 0 unspecified atom stereocenters.